The standard InChI is InChI=1S/C24H22N2O7/c1-12-16-4-2-15(28)10-21(16)33-24(32)17(12)5-7-22(29)26-20(23(30)31)8-13-11-25-19-6-3-14(27)9-18(13)19/h2-4,6,9-11,20,25,27-28H,5,7-8H2,1H3,(H,26,29)(H,30,31)/t20-/m0/s1. The molecule has 9 nitrogen and oxygen atoms in total. The Morgan fingerprint density at radius 2 is 1.82 bits per heavy atom. The number of carboxylic acid groups (broad SMARTS) is 1. The van der Waals surface area contributed by atoms with Crippen molar-refractivity contribution in [1.29, 1.82) is 0 Å². The molecule has 0 saturated carbocycles. The van der Waals surface area contributed by atoms with Crippen LogP contribution in [0.5, 0.6) is 11.5 Å². The van der Waals surface area contributed by atoms with E-state index in [-0.39, 0.29) is 36.3 Å². The number of benzene rings is 2. The van der Waals surface area contributed by atoms with Crippen LogP contribution in [0.2, 0.25) is 0 Å². The first-order valence-electron chi connectivity index (χ1n) is 10.3. The number of phenolic OH excluding ortho intramolecular Hbond substituents is 2. The summed E-state index contributed by atoms with van der Waals surface area (Å²) in [5, 5.41) is 32.7. The van der Waals surface area contributed by atoms with Gasteiger partial charge < -0.3 is 30.0 Å². The maximum absolute atomic E-state index is 12.5. The molecule has 0 fully saturated rings. The van der Waals surface area contributed by atoms with Crippen LogP contribution in [0.15, 0.2) is 51.8 Å². The van der Waals surface area contributed by atoms with E-state index in [2.05, 4.69) is 10.3 Å². The highest BCUT2D eigenvalue weighted by Gasteiger charge is 2.22. The van der Waals surface area contributed by atoms with E-state index in [0.29, 0.717) is 27.5 Å². The van der Waals surface area contributed by atoms with Gasteiger partial charge in [-0.15, -0.1) is 0 Å². The summed E-state index contributed by atoms with van der Waals surface area (Å²) in [4.78, 5) is 39.7. The molecule has 0 bridgehead atoms. The number of aromatic amines is 1. The number of H-pyrrole nitrogens is 1. The Hall–Kier alpha value is -4.27. The minimum Gasteiger partial charge on any atom is -0.508 e. The number of aromatic hydroxyl groups is 2. The molecule has 1 atom stereocenters. The van der Waals surface area contributed by atoms with Gasteiger partial charge in [-0.2, -0.15) is 0 Å². The number of rotatable bonds is 7. The molecular formula is C24H22N2O7. The number of carbonyl (C=O) groups is 2. The van der Waals surface area contributed by atoms with Crippen LogP contribution in [0.25, 0.3) is 21.9 Å². The van der Waals surface area contributed by atoms with E-state index >= 15 is 0 Å². The maximum atomic E-state index is 12.5. The van der Waals surface area contributed by atoms with E-state index in [9.17, 15) is 29.7 Å². The fraction of sp³-hybridized carbons (Fsp3) is 0.208. The predicted molar refractivity (Wildman–Crippen MR) is 120 cm³/mol. The molecule has 0 unspecified atom stereocenters. The highest BCUT2D eigenvalue weighted by molar-refractivity contribution is 5.88. The van der Waals surface area contributed by atoms with Crippen molar-refractivity contribution in [2.45, 2.75) is 32.2 Å². The number of aromatic nitrogens is 1. The van der Waals surface area contributed by atoms with Crippen molar-refractivity contribution in [3.8, 4) is 11.5 Å². The number of hydrogen-bond acceptors (Lipinski definition) is 6. The third kappa shape index (κ3) is 4.52. The zero-order valence-electron chi connectivity index (χ0n) is 17.7. The van der Waals surface area contributed by atoms with Crippen molar-refractivity contribution in [2.24, 2.45) is 0 Å². The van der Waals surface area contributed by atoms with E-state index in [1.165, 1.54) is 24.3 Å². The Morgan fingerprint density at radius 3 is 2.58 bits per heavy atom. The van der Waals surface area contributed by atoms with Gasteiger partial charge in [0.05, 0.1) is 0 Å². The molecule has 0 radical (unpaired) electrons. The van der Waals surface area contributed by atoms with Gasteiger partial charge in [-0.25, -0.2) is 9.59 Å². The van der Waals surface area contributed by atoms with Gasteiger partial charge in [0.25, 0.3) is 0 Å². The molecule has 2 heterocycles. The van der Waals surface area contributed by atoms with Gasteiger partial charge in [-0.1, -0.05) is 0 Å². The second-order valence-electron chi connectivity index (χ2n) is 7.88. The first kappa shape index (κ1) is 21.9. The number of hydrogen-bond donors (Lipinski definition) is 5. The van der Waals surface area contributed by atoms with Crippen molar-refractivity contribution in [2.75, 3.05) is 0 Å². The summed E-state index contributed by atoms with van der Waals surface area (Å²) in [6.45, 7) is 1.73. The molecule has 0 aliphatic heterocycles. The summed E-state index contributed by atoms with van der Waals surface area (Å²) in [5.41, 5.74) is 1.99. The fourth-order valence-corrected chi connectivity index (χ4v) is 3.93. The molecule has 0 aliphatic carbocycles. The van der Waals surface area contributed by atoms with Gasteiger partial charge in [-0.05, 0) is 54.8 Å². The molecule has 0 spiro atoms. The highest BCUT2D eigenvalue weighted by atomic mass is 16.4. The molecule has 5 N–H and O–H groups in total. The summed E-state index contributed by atoms with van der Waals surface area (Å²) in [5.74, 6) is -1.69. The normalized spacial score (nSPS) is 12.2. The summed E-state index contributed by atoms with van der Waals surface area (Å²) in [6.07, 6.45) is 1.64. The van der Waals surface area contributed by atoms with E-state index in [4.69, 9.17) is 4.42 Å². The molecule has 2 aromatic carbocycles. The lowest BCUT2D eigenvalue weighted by atomic mass is 10.0. The van der Waals surface area contributed by atoms with Crippen molar-refractivity contribution >= 4 is 33.7 Å². The van der Waals surface area contributed by atoms with Crippen LogP contribution < -0.4 is 10.9 Å². The second-order valence-corrected chi connectivity index (χ2v) is 7.88. The molecule has 170 valence electrons. The number of phenols is 2. The lowest BCUT2D eigenvalue weighted by Crippen LogP contribution is -2.42. The molecular weight excluding hydrogens is 428 g/mol. The lowest BCUT2D eigenvalue weighted by molar-refractivity contribution is -0.141. The quantitative estimate of drug-likeness (QED) is 0.271. The number of amides is 1. The van der Waals surface area contributed by atoms with Crippen molar-refractivity contribution in [3.63, 3.8) is 0 Å². The average Bonchev–Trinajstić information content (AvgIpc) is 3.14. The van der Waals surface area contributed by atoms with E-state index in [0.717, 1.165) is 5.52 Å². The third-order valence-electron chi connectivity index (χ3n) is 5.68. The maximum Gasteiger partial charge on any atom is 0.339 e. The largest absolute Gasteiger partial charge is 0.508 e. The topological polar surface area (TPSA) is 153 Å². The number of aryl methyl sites for hydroxylation is 1. The molecule has 1 amide bonds. The smallest absolute Gasteiger partial charge is 0.339 e. The number of nitrogens with one attached hydrogen (secondary N) is 2. The first-order chi connectivity index (χ1) is 15.7. The minimum atomic E-state index is -1.20. The Bertz CT molecular complexity index is 1430. The van der Waals surface area contributed by atoms with Gasteiger partial charge >= 0.3 is 11.6 Å². The Balaban J connectivity index is 1.48. The monoisotopic (exact) mass is 450 g/mol. The molecule has 9 heteroatoms. The SMILES string of the molecule is Cc1c(CCC(=O)N[C@@H](Cc2c[nH]c3ccc(O)cc23)C(=O)O)c(=O)oc2cc(O)ccc12. The zero-order chi connectivity index (χ0) is 23.7. The van der Waals surface area contributed by atoms with Gasteiger partial charge in [0.2, 0.25) is 5.91 Å². The number of aliphatic carboxylic acids is 1. The van der Waals surface area contributed by atoms with Gasteiger partial charge in [-0.3, -0.25) is 4.79 Å². The van der Waals surface area contributed by atoms with Crippen LogP contribution in [-0.4, -0.2) is 38.2 Å². The summed E-state index contributed by atoms with van der Waals surface area (Å²) < 4.78 is 5.26. The Morgan fingerprint density at radius 1 is 1.09 bits per heavy atom. The fourth-order valence-electron chi connectivity index (χ4n) is 3.93. The van der Waals surface area contributed by atoms with Gasteiger partial charge in [0.1, 0.15) is 23.1 Å². The molecule has 33 heavy (non-hydrogen) atoms. The van der Waals surface area contributed by atoms with Gasteiger partial charge in [0.15, 0.2) is 0 Å². The van der Waals surface area contributed by atoms with Crippen LogP contribution in [0.4, 0.5) is 0 Å². The molecule has 0 saturated heterocycles. The average molecular weight is 450 g/mol. The van der Waals surface area contributed by atoms with Crippen molar-refractivity contribution < 1.29 is 29.3 Å². The first-order valence-corrected chi connectivity index (χ1v) is 10.3. The molecule has 4 aromatic rings. The zero-order valence-corrected chi connectivity index (χ0v) is 17.7. The predicted octanol–water partition coefficient (Wildman–Crippen LogP) is 2.74. The molecule has 0 aliphatic rings. The van der Waals surface area contributed by atoms with Crippen LogP contribution in [-0.2, 0) is 22.4 Å². The van der Waals surface area contributed by atoms with Crippen LogP contribution in [0.1, 0.15) is 23.1 Å². The van der Waals surface area contributed by atoms with Gasteiger partial charge in [0, 0.05) is 47.0 Å². The number of carbonyl (C=O) groups excluding carboxylic acids is 1. The van der Waals surface area contributed by atoms with Crippen molar-refractivity contribution in [1.82, 2.24) is 10.3 Å². The highest BCUT2D eigenvalue weighted by Crippen LogP contribution is 2.25. The van der Waals surface area contributed by atoms with Crippen LogP contribution >= 0.6 is 0 Å². The number of fused-ring (bicyclic) bond motifs is 2. The Labute approximate surface area is 187 Å². The van der Waals surface area contributed by atoms with Crippen LogP contribution in [0.3, 0.4) is 0 Å². The second kappa shape index (κ2) is 8.70. The van der Waals surface area contributed by atoms with Crippen LogP contribution in [0, 0.1) is 6.92 Å². The van der Waals surface area contributed by atoms with E-state index in [1.54, 1.807) is 25.3 Å². The summed E-state index contributed by atoms with van der Waals surface area (Å²) in [7, 11) is 0. The van der Waals surface area contributed by atoms with E-state index < -0.39 is 23.5 Å². The number of carboxylic acids is 1. The Kier molecular flexibility index (Phi) is 5.78. The summed E-state index contributed by atoms with van der Waals surface area (Å²) in [6, 6.07) is 8.01. The summed E-state index contributed by atoms with van der Waals surface area (Å²) >= 11 is 0. The molecule has 4 rings (SSSR count). The van der Waals surface area contributed by atoms with E-state index in [1.807, 2.05) is 0 Å². The van der Waals surface area contributed by atoms with Crippen molar-refractivity contribution in [3.05, 3.63) is 69.7 Å². The molecule has 2 aromatic heterocycles. The third-order valence-corrected chi connectivity index (χ3v) is 5.68. The lowest BCUT2D eigenvalue weighted by Gasteiger charge is -2.15. The minimum absolute atomic E-state index is 0.0190.